The Kier molecular flexibility index (Phi) is 6.48. The van der Waals surface area contributed by atoms with Crippen molar-refractivity contribution >= 4 is 5.91 Å². The molecule has 0 bridgehead atoms. The highest BCUT2D eigenvalue weighted by Crippen LogP contribution is 1.98. The molecular weight excluding hydrogens is 172 g/mol. The van der Waals surface area contributed by atoms with Crippen molar-refractivity contribution < 1.29 is 15.0 Å². The topological polar surface area (TPSA) is 95.6 Å². The number of carbonyl (C=O) groups is 1. The van der Waals surface area contributed by atoms with Gasteiger partial charge >= 0.3 is 0 Å². The summed E-state index contributed by atoms with van der Waals surface area (Å²) in [6.45, 7) is 1.91. The Morgan fingerprint density at radius 1 is 1.62 bits per heavy atom. The fraction of sp³-hybridized carbons (Fsp3) is 0.875. The normalized spacial score (nSPS) is 15.1. The highest BCUT2D eigenvalue weighted by Gasteiger charge is 2.14. The van der Waals surface area contributed by atoms with Crippen LogP contribution in [0.2, 0.25) is 0 Å². The lowest BCUT2D eigenvalue weighted by Crippen LogP contribution is -2.39. The van der Waals surface area contributed by atoms with Crippen molar-refractivity contribution in [1.29, 1.82) is 0 Å². The van der Waals surface area contributed by atoms with E-state index in [1.54, 1.807) is 0 Å². The van der Waals surface area contributed by atoms with Crippen molar-refractivity contribution in [2.75, 3.05) is 19.7 Å². The van der Waals surface area contributed by atoms with E-state index in [2.05, 4.69) is 5.32 Å². The van der Waals surface area contributed by atoms with Crippen molar-refractivity contribution in [3.8, 4) is 0 Å². The summed E-state index contributed by atoms with van der Waals surface area (Å²) >= 11 is 0. The number of nitrogens with one attached hydrogen (secondary N) is 1. The zero-order chi connectivity index (χ0) is 10.3. The highest BCUT2D eigenvalue weighted by molar-refractivity contribution is 5.78. The second-order valence-electron chi connectivity index (χ2n) is 2.92. The van der Waals surface area contributed by atoms with Gasteiger partial charge in [0.2, 0.25) is 5.91 Å². The molecule has 0 aliphatic carbocycles. The summed E-state index contributed by atoms with van der Waals surface area (Å²) < 4.78 is 0. The largest absolute Gasteiger partial charge is 0.394 e. The molecule has 0 aromatic heterocycles. The van der Waals surface area contributed by atoms with Crippen LogP contribution in [0.3, 0.4) is 0 Å². The molecule has 1 amide bonds. The zero-order valence-corrected chi connectivity index (χ0v) is 7.86. The molecule has 5 nitrogen and oxygen atoms in total. The summed E-state index contributed by atoms with van der Waals surface area (Å²) in [6, 6.07) is 0. The van der Waals surface area contributed by atoms with E-state index >= 15 is 0 Å². The van der Waals surface area contributed by atoms with Crippen LogP contribution in [-0.4, -0.2) is 41.9 Å². The summed E-state index contributed by atoms with van der Waals surface area (Å²) in [7, 11) is 0. The first-order valence-electron chi connectivity index (χ1n) is 4.42. The monoisotopic (exact) mass is 190 g/mol. The molecule has 78 valence electrons. The molecule has 0 aromatic rings. The third-order valence-electron chi connectivity index (χ3n) is 1.87. The summed E-state index contributed by atoms with van der Waals surface area (Å²) in [5, 5.41) is 19.9. The van der Waals surface area contributed by atoms with Gasteiger partial charge in [0.25, 0.3) is 0 Å². The number of hydrogen-bond donors (Lipinski definition) is 4. The predicted molar refractivity (Wildman–Crippen MR) is 48.9 cm³/mol. The first-order chi connectivity index (χ1) is 6.15. The number of carbonyl (C=O) groups excluding carboxylic acids is 1. The first kappa shape index (κ1) is 12.3. The van der Waals surface area contributed by atoms with Gasteiger partial charge in [-0.2, -0.15) is 0 Å². The van der Waals surface area contributed by atoms with Gasteiger partial charge in [-0.15, -0.1) is 0 Å². The molecule has 13 heavy (non-hydrogen) atoms. The lowest BCUT2D eigenvalue weighted by atomic mass is 10.1. The van der Waals surface area contributed by atoms with Gasteiger partial charge in [-0.3, -0.25) is 4.79 Å². The maximum absolute atomic E-state index is 11.2. The van der Waals surface area contributed by atoms with Gasteiger partial charge < -0.3 is 21.3 Å². The molecule has 0 fully saturated rings. The molecule has 0 spiro atoms. The lowest BCUT2D eigenvalue weighted by Gasteiger charge is -2.14. The Balaban J connectivity index is 3.72. The van der Waals surface area contributed by atoms with Crippen LogP contribution in [0.5, 0.6) is 0 Å². The van der Waals surface area contributed by atoms with E-state index in [1.807, 2.05) is 6.92 Å². The molecule has 5 heteroatoms. The number of hydrogen-bond acceptors (Lipinski definition) is 4. The predicted octanol–water partition coefficient (Wildman–Crippen LogP) is -1.56. The van der Waals surface area contributed by atoms with Gasteiger partial charge in [-0.1, -0.05) is 6.92 Å². The molecule has 0 radical (unpaired) electrons. The Morgan fingerprint density at radius 3 is 2.62 bits per heavy atom. The van der Waals surface area contributed by atoms with E-state index in [4.69, 9.17) is 15.9 Å². The van der Waals surface area contributed by atoms with Crippen LogP contribution in [0.15, 0.2) is 0 Å². The molecular formula is C8H18N2O3. The third kappa shape index (κ3) is 4.82. The van der Waals surface area contributed by atoms with Gasteiger partial charge in [0.1, 0.15) is 0 Å². The van der Waals surface area contributed by atoms with Gasteiger partial charge in [-0.05, 0) is 6.42 Å². The van der Waals surface area contributed by atoms with E-state index in [0.29, 0.717) is 13.0 Å². The van der Waals surface area contributed by atoms with Gasteiger partial charge in [0.05, 0.1) is 12.7 Å². The molecule has 0 saturated carbocycles. The SMILES string of the molecule is CCC(CN)C(=O)NCC(O)CO. The fourth-order valence-corrected chi connectivity index (χ4v) is 0.886. The van der Waals surface area contributed by atoms with E-state index in [0.717, 1.165) is 0 Å². The maximum Gasteiger partial charge on any atom is 0.224 e. The molecule has 2 unspecified atom stereocenters. The minimum Gasteiger partial charge on any atom is -0.394 e. The van der Waals surface area contributed by atoms with Gasteiger partial charge in [-0.25, -0.2) is 0 Å². The van der Waals surface area contributed by atoms with Crippen LogP contribution in [0.4, 0.5) is 0 Å². The minimum absolute atomic E-state index is 0.0752. The average Bonchev–Trinajstić information content (AvgIpc) is 2.16. The molecule has 0 aromatic carbocycles. The Morgan fingerprint density at radius 2 is 2.23 bits per heavy atom. The maximum atomic E-state index is 11.2. The van der Waals surface area contributed by atoms with E-state index in [-0.39, 0.29) is 25.0 Å². The second-order valence-corrected chi connectivity index (χ2v) is 2.92. The van der Waals surface area contributed by atoms with Crippen LogP contribution in [-0.2, 0) is 4.79 Å². The standard InChI is InChI=1S/C8H18N2O3/c1-2-6(3-9)8(13)10-4-7(12)5-11/h6-7,11-12H,2-5,9H2,1H3,(H,10,13). The summed E-state index contributed by atoms with van der Waals surface area (Å²) in [4.78, 5) is 11.2. The Hall–Kier alpha value is -0.650. The minimum atomic E-state index is -0.890. The van der Waals surface area contributed by atoms with Crippen molar-refractivity contribution in [3.05, 3.63) is 0 Å². The smallest absolute Gasteiger partial charge is 0.224 e. The average molecular weight is 190 g/mol. The highest BCUT2D eigenvalue weighted by atomic mass is 16.3. The number of aliphatic hydroxyl groups is 2. The van der Waals surface area contributed by atoms with Crippen LogP contribution >= 0.6 is 0 Å². The lowest BCUT2D eigenvalue weighted by molar-refractivity contribution is -0.125. The number of amides is 1. The third-order valence-corrected chi connectivity index (χ3v) is 1.87. The van der Waals surface area contributed by atoms with Crippen molar-refractivity contribution in [1.82, 2.24) is 5.32 Å². The first-order valence-corrected chi connectivity index (χ1v) is 4.42. The van der Waals surface area contributed by atoms with Crippen LogP contribution < -0.4 is 11.1 Å². The van der Waals surface area contributed by atoms with Crippen molar-refractivity contribution in [2.24, 2.45) is 11.7 Å². The molecule has 2 atom stereocenters. The van der Waals surface area contributed by atoms with Crippen molar-refractivity contribution in [2.45, 2.75) is 19.4 Å². The number of aliphatic hydroxyl groups excluding tert-OH is 2. The van der Waals surface area contributed by atoms with Crippen LogP contribution in [0.25, 0.3) is 0 Å². The van der Waals surface area contributed by atoms with E-state index < -0.39 is 6.10 Å². The van der Waals surface area contributed by atoms with E-state index in [1.165, 1.54) is 0 Å². The quantitative estimate of drug-likeness (QED) is 0.407. The zero-order valence-electron chi connectivity index (χ0n) is 7.86. The Bertz CT molecular complexity index is 148. The number of nitrogens with two attached hydrogens (primary N) is 1. The van der Waals surface area contributed by atoms with Crippen LogP contribution in [0, 0.1) is 5.92 Å². The molecule has 0 aliphatic rings. The molecule has 0 heterocycles. The summed E-state index contributed by atoms with van der Waals surface area (Å²) in [5.41, 5.74) is 5.35. The van der Waals surface area contributed by atoms with Gasteiger partial charge in [0, 0.05) is 19.0 Å². The summed E-state index contributed by atoms with van der Waals surface area (Å²) in [5.74, 6) is -0.372. The second kappa shape index (κ2) is 6.82. The Labute approximate surface area is 77.9 Å². The van der Waals surface area contributed by atoms with Crippen molar-refractivity contribution in [3.63, 3.8) is 0 Å². The van der Waals surface area contributed by atoms with Gasteiger partial charge in [0.15, 0.2) is 0 Å². The van der Waals surface area contributed by atoms with E-state index in [9.17, 15) is 4.79 Å². The fourth-order valence-electron chi connectivity index (χ4n) is 0.886. The van der Waals surface area contributed by atoms with Crippen LogP contribution in [0.1, 0.15) is 13.3 Å². The summed E-state index contributed by atoms with van der Waals surface area (Å²) in [6.07, 6.45) is -0.211. The molecule has 5 N–H and O–H groups in total. The number of rotatable bonds is 6. The molecule has 0 saturated heterocycles. The molecule has 0 aliphatic heterocycles. The molecule has 0 rings (SSSR count).